The fraction of sp³-hybridized carbons (Fsp3) is 0.296. The summed E-state index contributed by atoms with van der Waals surface area (Å²) in [4.78, 5) is 28.9. The number of amides is 3. The molecule has 0 unspecified atom stereocenters. The van der Waals surface area contributed by atoms with Gasteiger partial charge in [-0.05, 0) is 56.2 Å². The summed E-state index contributed by atoms with van der Waals surface area (Å²) in [5, 5.41) is 8.28. The fourth-order valence-corrected chi connectivity index (χ4v) is 4.40. The molecule has 0 bridgehead atoms. The Hall–Kier alpha value is -3.58. The average Bonchev–Trinajstić information content (AvgIpc) is 3.11. The SMILES string of the molecule is Cc1cccc(NC(=O)N2CCN(C(=O)/C=C/c3c(C)nn(Cc4ccccc4Cl)c3C)CC2)c1. The Morgan fingerprint density at radius 1 is 1.00 bits per heavy atom. The maximum Gasteiger partial charge on any atom is 0.321 e. The van der Waals surface area contributed by atoms with Crippen LogP contribution in [0, 0.1) is 20.8 Å². The van der Waals surface area contributed by atoms with Crippen molar-refractivity contribution in [2.24, 2.45) is 0 Å². The smallest absolute Gasteiger partial charge is 0.321 e. The number of aryl methyl sites for hydroxylation is 2. The zero-order valence-electron chi connectivity index (χ0n) is 20.3. The molecule has 3 amide bonds. The summed E-state index contributed by atoms with van der Waals surface area (Å²) in [5.74, 6) is -0.0682. The Labute approximate surface area is 211 Å². The van der Waals surface area contributed by atoms with E-state index in [9.17, 15) is 9.59 Å². The summed E-state index contributed by atoms with van der Waals surface area (Å²) >= 11 is 6.30. The van der Waals surface area contributed by atoms with Crippen LogP contribution in [0.1, 0.15) is 28.1 Å². The van der Waals surface area contributed by atoms with Crippen LogP contribution in [0.2, 0.25) is 5.02 Å². The third-order valence-corrected chi connectivity index (χ3v) is 6.62. The molecule has 1 aliphatic rings. The lowest BCUT2D eigenvalue weighted by Crippen LogP contribution is -2.51. The number of halogens is 1. The van der Waals surface area contributed by atoms with Crippen molar-refractivity contribution in [3.8, 4) is 0 Å². The molecule has 1 fully saturated rings. The second kappa shape index (κ2) is 10.8. The molecule has 1 saturated heterocycles. The van der Waals surface area contributed by atoms with Crippen molar-refractivity contribution in [3.05, 3.63) is 87.7 Å². The molecule has 0 atom stereocenters. The number of nitrogens with zero attached hydrogens (tertiary/aromatic N) is 4. The molecule has 182 valence electrons. The van der Waals surface area contributed by atoms with Gasteiger partial charge in [-0.15, -0.1) is 0 Å². The van der Waals surface area contributed by atoms with Crippen LogP contribution in [-0.2, 0) is 11.3 Å². The van der Waals surface area contributed by atoms with Gasteiger partial charge in [0.05, 0.1) is 12.2 Å². The third-order valence-electron chi connectivity index (χ3n) is 6.26. The molecule has 4 rings (SSSR count). The Kier molecular flexibility index (Phi) is 7.56. The van der Waals surface area contributed by atoms with Crippen molar-refractivity contribution in [2.75, 3.05) is 31.5 Å². The molecule has 1 aromatic heterocycles. The zero-order valence-corrected chi connectivity index (χ0v) is 21.0. The minimum Gasteiger partial charge on any atom is -0.336 e. The standard InChI is InChI=1S/C27H30ClN5O2/c1-19-7-6-9-23(17-19)29-27(35)32-15-13-31(14-16-32)26(34)12-11-24-20(2)30-33(21(24)3)18-22-8-4-5-10-25(22)28/h4-12,17H,13-16,18H2,1-3H3,(H,29,35)/b12-11+. The highest BCUT2D eigenvalue weighted by Crippen LogP contribution is 2.20. The van der Waals surface area contributed by atoms with E-state index in [0.29, 0.717) is 37.7 Å². The molecule has 7 nitrogen and oxygen atoms in total. The van der Waals surface area contributed by atoms with Crippen molar-refractivity contribution in [1.82, 2.24) is 19.6 Å². The van der Waals surface area contributed by atoms with Crippen LogP contribution in [0.4, 0.5) is 10.5 Å². The number of anilines is 1. The van der Waals surface area contributed by atoms with E-state index >= 15 is 0 Å². The first-order chi connectivity index (χ1) is 16.8. The van der Waals surface area contributed by atoms with Crippen molar-refractivity contribution in [2.45, 2.75) is 27.3 Å². The van der Waals surface area contributed by atoms with E-state index in [0.717, 1.165) is 33.8 Å². The van der Waals surface area contributed by atoms with Gasteiger partial charge in [-0.1, -0.05) is 41.9 Å². The van der Waals surface area contributed by atoms with Crippen molar-refractivity contribution in [1.29, 1.82) is 0 Å². The van der Waals surface area contributed by atoms with Gasteiger partial charge < -0.3 is 15.1 Å². The Morgan fingerprint density at radius 3 is 2.43 bits per heavy atom. The molecular formula is C27H30ClN5O2. The zero-order chi connectivity index (χ0) is 24.9. The molecule has 0 saturated carbocycles. The second-order valence-electron chi connectivity index (χ2n) is 8.78. The highest BCUT2D eigenvalue weighted by Gasteiger charge is 2.23. The number of urea groups is 1. The number of carbonyl (C=O) groups is 2. The second-order valence-corrected chi connectivity index (χ2v) is 9.19. The van der Waals surface area contributed by atoms with Crippen LogP contribution in [-0.4, -0.2) is 57.7 Å². The van der Waals surface area contributed by atoms with Gasteiger partial charge in [0.15, 0.2) is 0 Å². The number of benzene rings is 2. The molecule has 0 aliphatic carbocycles. The van der Waals surface area contributed by atoms with Crippen LogP contribution in [0.5, 0.6) is 0 Å². The van der Waals surface area contributed by atoms with Crippen LogP contribution in [0.3, 0.4) is 0 Å². The highest BCUT2D eigenvalue weighted by atomic mass is 35.5. The van der Waals surface area contributed by atoms with Crippen LogP contribution < -0.4 is 5.32 Å². The molecule has 0 radical (unpaired) electrons. The summed E-state index contributed by atoms with van der Waals surface area (Å²) in [7, 11) is 0. The van der Waals surface area contributed by atoms with Gasteiger partial charge in [0.1, 0.15) is 0 Å². The lowest BCUT2D eigenvalue weighted by molar-refractivity contribution is -0.127. The maximum absolute atomic E-state index is 12.8. The Balaban J connectivity index is 1.34. The molecule has 8 heteroatoms. The molecule has 2 heterocycles. The molecule has 0 spiro atoms. The minimum absolute atomic E-state index is 0.0682. The van der Waals surface area contributed by atoms with Gasteiger partial charge >= 0.3 is 6.03 Å². The summed E-state index contributed by atoms with van der Waals surface area (Å²) < 4.78 is 1.91. The topological polar surface area (TPSA) is 70.5 Å². The molecule has 3 aromatic rings. The fourth-order valence-electron chi connectivity index (χ4n) is 4.21. The first kappa shape index (κ1) is 24.5. The highest BCUT2D eigenvalue weighted by molar-refractivity contribution is 6.31. The Bertz CT molecular complexity index is 1260. The quantitative estimate of drug-likeness (QED) is 0.516. The van der Waals surface area contributed by atoms with E-state index in [4.69, 9.17) is 11.6 Å². The molecule has 1 N–H and O–H groups in total. The minimum atomic E-state index is -0.143. The van der Waals surface area contributed by atoms with E-state index in [2.05, 4.69) is 10.4 Å². The number of nitrogens with one attached hydrogen (secondary N) is 1. The molecule has 35 heavy (non-hydrogen) atoms. The van der Waals surface area contributed by atoms with Gasteiger partial charge in [-0.2, -0.15) is 5.10 Å². The van der Waals surface area contributed by atoms with Gasteiger partial charge in [0.25, 0.3) is 0 Å². The molecular weight excluding hydrogens is 462 g/mol. The lowest BCUT2D eigenvalue weighted by atomic mass is 10.1. The maximum atomic E-state index is 12.8. The number of hydrogen-bond donors (Lipinski definition) is 1. The predicted molar refractivity (Wildman–Crippen MR) is 140 cm³/mol. The summed E-state index contributed by atoms with van der Waals surface area (Å²) in [6.45, 7) is 8.46. The van der Waals surface area contributed by atoms with E-state index in [1.54, 1.807) is 15.9 Å². The normalized spacial score (nSPS) is 13.9. The molecule has 1 aliphatic heterocycles. The first-order valence-electron chi connectivity index (χ1n) is 11.7. The number of carbonyl (C=O) groups excluding carboxylic acids is 2. The number of rotatable bonds is 5. The summed E-state index contributed by atoms with van der Waals surface area (Å²) in [5.41, 5.74) is 5.62. The predicted octanol–water partition coefficient (Wildman–Crippen LogP) is 4.90. The van der Waals surface area contributed by atoms with E-state index in [1.165, 1.54) is 0 Å². The van der Waals surface area contributed by atoms with Gasteiger partial charge in [-0.3, -0.25) is 9.48 Å². The van der Waals surface area contributed by atoms with Crippen LogP contribution in [0.25, 0.3) is 6.08 Å². The first-order valence-corrected chi connectivity index (χ1v) is 12.1. The number of aromatic nitrogens is 2. The lowest BCUT2D eigenvalue weighted by Gasteiger charge is -2.34. The van der Waals surface area contributed by atoms with E-state index in [1.807, 2.05) is 80.1 Å². The van der Waals surface area contributed by atoms with Crippen LogP contribution >= 0.6 is 11.6 Å². The monoisotopic (exact) mass is 491 g/mol. The van der Waals surface area contributed by atoms with Gasteiger partial charge in [0, 0.05) is 54.2 Å². The largest absolute Gasteiger partial charge is 0.336 e. The summed E-state index contributed by atoms with van der Waals surface area (Å²) in [6, 6.07) is 15.3. The van der Waals surface area contributed by atoms with Gasteiger partial charge in [-0.25, -0.2) is 4.79 Å². The van der Waals surface area contributed by atoms with Crippen molar-refractivity contribution >= 4 is 35.3 Å². The van der Waals surface area contributed by atoms with Gasteiger partial charge in [0.2, 0.25) is 5.91 Å². The summed E-state index contributed by atoms with van der Waals surface area (Å²) in [6.07, 6.45) is 3.43. The average molecular weight is 492 g/mol. The number of hydrogen-bond acceptors (Lipinski definition) is 3. The Morgan fingerprint density at radius 2 is 1.71 bits per heavy atom. The van der Waals surface area contributed by atoms with E-state index < -0.39 is 0 Å². The van der Waals surface area contributed by atoms with Crippen LogP contribution in [0.15, 0.2) is 54.6 Å². The van der Waals surface area contributed by atoms with Crippen molar-refractivity contribution in [3.63, 3.8) is 0 Å². The third kappa shape index (κ3) is 5.92. The van der Waals surface area contributed by atoms with E-state index in [-0.39, 0.29) is 11.9 Å². The van der Waals surface area contributed by atoms with Crippen molar-refractivity contribution < 1.29 is 9.59 Å². The molecule has 2 aromatic carbocycles. The number of piperazine rings is 1.